The van der Waals surface area contributed by atoms with Gasteiger partial charge in [-0.3, -0.25) is 4.79 Å². The number of nitrogens with two attached hydrogens (primary N) is 1. The van der Waals surface area contributed by atoms with Crippen LogP contribution in [0.2, 0.25) is 0 Å². The lowest BCUT2D eigenvalue weighted by molar-refractivity contribution is 0.0727. The van der Waals surface area contributed by atoms with Crippen molar-refractivity contribution in [2.75, 3.05) is 13.7 Å². The molecule has 26 heavy (non-hydrogen) atoms. The lowest BCUT2D eigenvalue weighted by atomic mass is 10.0. The molecule has 1 amide bonds. The van der Waals surface area contributed by atoms with Crippen LogP contribution in [-0.4, -0.2) is 37.9 Å². The van der Waals surface area contributed by atoms with Gasteiger partial charge >= 0.3 is 0 Å². The molecule has 140 valence electrons. The van der Waals surface area contributed by atoms with Crippen LogP contribution in [0, 0.1) is 13.8 Å². The van der Waals surface area contributed by atoms with Gasteiger partial charge in [0.15, 0.2) is 0 Å². The lowest BCUT2D eigenvalue weighted by Gasteiger charge is -2.26. The normalized spacial score (nSPS) is 14.4. The van der Waals surface area contributed by atoms with E-state index in [2.05, 4.69) is 4.98 Å². The van der Waals surface area contributed by atoms with Gasteiger partial charge in [0.05, 0.1) is 11.4 Å². The Labute approximate surface area is 152 Å². The fourth-order valence-corrected chi connectivity index (χ4v) is 3.92. The van der Waals surface area contributed by atoms with E-state index in [0.717, 1.165) is 5.76 Å². The van der Waals surface area contributed by atoms with Crippen LogP contribution in [-0.2, 0) is 34.3 Å². The molecule has 0 saturated heterocycles. The Hall–Kier alpha value is -2.23. The number of aromatic nitrogens is 1. The van der Waals surface area contributed by atoms with E-state index in [-0.39, 0.29) is 17.4 Å². The number of hydrogen-bond donors (Lipinski definition) is 1. The van der Waals surface area contributed by atoms with Gasteiger partial charge < -0.3 is 14.1 Å². The summed E-state index contributed by atoms with van der Waals surface area (Å²) >= 11 is 0. The molecule has 2 N–H and O–H groups in total. The predicted octanol–water partition coefficient (Wildman–Crippen LogP) is 1.28. The summed E-state index contributed by atoms with van der Waals surface area (Å²) in [6.45, 7) is 4.47. The van der Waals surface area contributed by atoms with Gasteiger partial charge in [-0.05, 0) is 37.1 Å². The summed E-state index contributed by atoms with van der Waals surface area (Å²) in [5.41, 5.74) is 2.24. The lowest BCUT2D eigenvalue weighted by Crippen LogP contribution is -2.36. The van der Waals surface area contributed by atoms with Crippen LogP contribution in [0.1, 0.15) is 38.8 Å². The maximum absolute atomic E-state index is 12.9. The number of ether oxygens (including phenoxy) is 1. The second-order valence-electron chi connectivity index (χ2n) is 6.35. The first-order valence-electron chi connectivity index (χ1n) is 8.10. The van der Waals surface area contributed by atoms with Crippen molar-refractivity contribution in [3.8, 4) is 0 Å². The maximum Gasteiger partial charge on any atom is 0.254 e. The topological polar surface area (TPSA) is 116 Å². The van der Waals surface area contributed by atoms with E-state index in [1.165, 1.54) is 6.07 Å². The number of primary sulfonamides is 1. The molecule has 1 aromatic carbocycles. The van der Waals surface area contributed by atoms with Gasteiger partial charge in [-0.15, -0.1) is 0 Å². The number of carbonyl (C=O) groups excluding carboxylic acids is 1. The third-order valence-electron chi connectivity index (χ3n) is 4.50. The quantitative estimate of drug-likeness (QED) is 0.856. The highest BCUT2D eigenvalue weighted by atomic mass is 32.2. The number of methoxy groups -OCH3 is 1. The van der Waals surface area contributed by atoms with Gasteiger partial charge in [-0.2, -0.15) is 0 Å². The zero-order valence-corrected chi connectivity index (χ0v) is 15.7. The standard InChI is InChI=1S/C17H21N3O5S/c1-10-6-12(7-15(11(10)2)26(18,22)23)17(21)20-5-4-14-13(8-20)19-16(25-14)9-24-3/h6-7H,4-5,8-9H2,1-3H3,(H2,18,22,23). The third-order valence-corrected chi connectivity index (χ3v) is 5.54. The van der Waals surface area contributed by atoms with E-state index in [4.69, 9.17) is 14.3 Å². The molecule has 9 heteroatoms. The number of nitrogens with zero attached hydrogens (tertiary/aromatic N) is 2. The molecule has 2 heterocycles. The van der Waals surface area contributed by atoms with Crippen LogP contribution in [0.4, 0.5) is 0 Å². The summed E-state index contributed by atoms with van der Waals surface area (Å²) < 4.78 is 34.2. The van der Waals surface area contributed by atoms with E-state index >= 15 is 0 Å². The summed E-state index contributed by atoms with van der Waals surface area (Å²) in [4.78, 5) is 18.8. The largest absolute Gasteiger partial charge is 0.443 e. The number of carbonyl (C=O) groups is 1. The van der Waals surface area contributed by atoms with Gasteiger partial charge in [-0.25, -0.2) is 18.5 Å². The molecule has 0 fully saturated rings. The minimum atomic E-state index is -3.91. The van der Waals surface area contributed by atoms with Crippen molar-refractivity contribution in [1.82, 2.24) is 9.88 Å². The Morgan fingerprint density at radius 1 is 1.38 bits per heavy atom. The number of sulfonamides is 1. The van der Waals surface area contributed by atoms with E-state index in [9.17, 15) is 13.2 Å². The second kappa shape index (κ2) is 6.82. The molecule has 0 atom stereocenters. The summed E-state index contributed by atoms with van der Waals surface area (Å²) in [6.07, 6.45) is 0.546. The van der Waals surface area contributed by atoms with Crippen LogP contribution >= 0.6 is 0 Å². The molecule has 0 spiro atoms. The fourth-order valence-electron chi connectivity index (χ4n) is 3.04. The average Bonchev–Trinajstić information content (AvgIpc) is 2.97. The minimum absolute atomic E-state index is 0.0256. The molecular weight excluding hydrogens is 358 g/mol. The van der Waals surface area contributed by atoms with Crippen molar-refractivity contribution >= 4 is 15.9 Å². The smallest absolute Gasteiger partial charge is 0.254 e. The van der Waals surface area contributed by atoms with Crippen LogP contribution in [0.15, 0.2) is 21.4 Å². The monoisotopic (exact) mass is 379 g/mol. The number of fused-ring (bicyclic) bond motifs is 1. The van der Waals surface area contributed by atoms with Crippen LogP contribution in [0.25, 0.3) is 0 Å². The van der Waals surface area contributed by atoms with Gasteiger partial charge in [0.1, 0.15) is 18.1 Å². The average molecular weight is 379 g/mol. The highest BCUT2D eigenvalue weighted by Gasteiger charge is 2.27. The number of aryl methyl sites for hydroxylation is 1. The Balaban J connectivity index is 1.89. The molecule has 0 aliphatic carbocycles. The van der Waals surface area contributed by atoms with Crippen molar-refractivity contribution in [2.24, 2.45) is 5.14 Å². The molecule has 0 saturated carbocycles. The molecule has 8 nitrogen and oxygen atoms in total. The molecule has 3 rings (SSSR count). The first-order chi connectivity index (χ1) is 12.2. The zero-order valence-electron chi connectivity index (χ0n) is 14.9. The summed E-state index contributed by atoms with van der Waals surface area (Å²) in [5.74, 6) is 0.973. The molecule has 0 radical (unpaired) electrons. The molecule has 1 aliphatic rings. The highest BCUT2D eigenvalue weighted by molar-refractivity contribution is 7.89. The maximum atomic E-state index is 12.9. The second-order valence-corrected chi connectivity index (χ2v) is 7.88. The van der Waals surface area contributed by atoms with E-state index in [1.807, 2.05) is 0 Å². The van der Waals surface area contributed by atoms with Crippen LogP contribution in [0.5, 0.6) is 0 Å². The summed E-state index contributed by atoms with van der Waals surface area (Å²) in [6, 6.07) is 3.02. The van der Waals surface area contributed by atoms with Gasteiger partial charge in [0, 0.05) is 25.6 Å². The number of oxazole rings is 1. The molecule has 1 aliphatic heterocycles. The Morgan fingerprint density at radius 3 is 2.77 bits per heavy atom. The third kappa shape index (κ3) is 3.50. The van der Waals surface area contributed by atoms with Crippen molar-refractivity contribution in [3.63, 3.8) is 0 Å². The Bertz CT molecular complexity index is 965. The number of rotatable bonds is 4. The molecule has 1 aromatic heterocycles. The zero-order chi connectivity index (χ0) is 19.1. The Kier molecular flexibility index (Phi) is 4.87. The van der Waals surface area contributed by atoms with E-state index in [1.54, 1.807) is 31.9 Å². The first-order valence-corrected chi connectivity index (χ1v) is 9.65. The SMILES string of the molecule is COCc1nc2c(o1)CCN(C(=O)c1cc(C)c(C)c(S(N)(=O)=O)c1)C2. The number of hydrogen-bond acceptors (Lipinski definition) is 6. The molecule has 0 bridgehead atoms. The van der Waals surface area contributed by atoms with Gasteiger partial charge in [0.2, 0.25) is 15.9 Å². The van der Waals surface area contributed by atoms with E-state index < -0.39 is 10.0 Å². The van der Waals surface area contributed by atoms with Crippen molar-refractivity contribution in [1.29, 1.82) is 0 Å². The summed E-state index contributed by atoms with van der Waals surface area (Å²) in [7, 11) is -2.35. The van der Waals surface area contributed by atoms with Crippen molar-refractivity contribution in [3.05, 3.63) is 46.2 Å². The van der Waals surface area contributed by atoms with Gasteiger partial charge in [0.25, 0.3) is 5.91 Å². The predicted molar refractivity (Wildman–Crippen MR) is 92.9 cm³/mol. The van der Waals surface area contributed by atoms with Crippen LogP contribution in [0.3, 0.4) is 0 Å². The number of benzene rings is 1. The molecule has 2 aromatic rings. The van der Waals surface area contributed by atoms with Gasteiger partial charge in [-0.1, -0.05) is 0 Å². The van der Waals surface area contributed by atoms with E-state index in [0.29, 0.717) is 47.8 Å². The summed E-state index contributed by atoms with van der Waals surface area (Å²) in [5, 5.41) is 5.28. The molecule has 0 unspecified atom stereocenters. The highest BCUT2D eigenvalue weighted by Crippen LogP contribution is 2.24. The first kappa shape index (κ1) is 18.6. The van der Waals surface area contributed by atoms with Crippen molar-refractivity contribution in [2.45, 2.75) is 38.3 Å². The minimum Gasteiger partial charge on any atom is -0.443 e. The molecular formula is C17H21N3O5S. The van der Waals surface area contributed by atoms with Crippen LogP contribution < -0.4 is 5.14 Å². The Morgan fingerprint density at radius 2 is 2.12 bits per heavy atom. The van der Waals surface area contributed by atoms with Crippen molar-refractivity contribution < 1.29 is 22.4 Å². The number of amides is 1. The fraction of sp³-hybridized carbons (Fsp3) is 0.412.